The van der Waals surface area contributed by atoms with Gasteiger partial charge < -0.3 is 9.05 Å². The first kappa shape index (κ1) is 13.7. The highest BCUT2D eigenvalue weighted by molar-refractivity contribution is 7.99. The van der Waals surface area contributed by atoms with Crippen LogP contribution in [0.4, 0.5) is 0 Å². The van der Waals surface area contributed by atoms with E-state index in [1.54, 1.807) is 0 Å². The minimum Gasteiger partial charge on any atom is -0.326 e. The number of hydrogen-bond donors (Lipinski definition) is 0. The Kier molecular flexibility index (Phi) is 4.16. The maximum absolute atomic E-state index is 5.59. The van der Waals surface area contributed by atoms with E-state index in [9.17, 15) is 0 Å². The van der Waals surface area contributed by atoms with Gasteiger partial charge in [-0.3, -0.25) is 0 Å². The zero-order valence-electron chi connectivity index (χ0n) is 9.49. The minimum atomic E-state index is 0.0820. The van der Waals surface area contributed by atoms with Gasteiger partial charge in [0, 0.05) is 9.79 Å². The summed E-state index contributed by atoms with van der Waals surface area (Å²) in [6, 6.07) is 7.63. The summed E-state index contributed by atoms with van der Waals surface area (Å²) in [6.45, 7) is 0. The largest absolute Gasteiger partial charge is 0.326 e. The minimum absolute atomic E-state index is 0.0820. The lowest BCUT2D eigenvalue weighted by atomic mass is 10.4. The molecule has 0 aliphatic heterocycles. The zero-order valence-corrected chi connectivity index (χ0v) is 12.6. The fourth-order valence-electron chi connectivity index (χ4n) is 1.27. The van der Waals surface area contributed by atoms with Gasteiger partial charge in [0.2, 0.25) is 0 Å². The number of nitrogens with zero attached hydrogens (tertiary/aromatic N) is 4. The van der Waals surface area contributed by atoms with Crippen LogP contribution in [0.15, 0.2) is 53.5 Å². The van der Waals surface area contributed by atoms with Crippen LogP contribution in [0.1, 0.15) is 0 Å². The van der Waals surface area contributed by atoms with Crippen molar-refractivity contribution >= 4 is 46.7 Å². The monoisotopic (exact) mass is 346 g/mol. The first-order valence-electron chi connectivity index (χ1n) is 5.13. The van der Waals surface area contributed by atoms with Crippen molar-refractivity contribution in [2.24, 2.45) is 0 Å². The molecule has 0 saturated heterocycles. The standard InChI is InChI=1S/C10H4Cl2N4O2S2/c11-7-13-9(17-15-7)19-5-2-1-3-6(4-5)20-10-14-8(12)16-18-10/h1-4H. The molecule has 3 aromatic rings. The van der Waals surface area contributed by atoms with Crippen LogP contribution in [0.3, 0.4) is 0 Å². The Morgan fingerprint density at radius 2 is 1.35 bits per heavy atom. The van der Waals surface area contributed by atoms with Crippen molar-refractivity contribution in [1.82, 2.24) is 20.3 Å². The molecule has 0 aliphatic rings. The van der Waals surface area contributed by atoms with Gasteiger partial charge in [0.05, 0.1) is 0 Å². The fourth-order valence-corrected chi connectivity index (χ4v) is 3.15. The molecule has 3 rings (SSSR count). The molecule has 0 spiro atoms. The third-order valence-electron chi connectivity index (χ3n) is 1.98. The Labute approximate surface area is 131 Å². The Hall–Kier alpha value is -1.22. The average molecular weight is 347 g/mol. The molecule has 20 heavy (non-hydrogen) atoms. The van der Waals surface area contributed by atoms with Crippen molar-refractivity contribution in [1.29, 1.82) is 0 Å². The molecule has 1 aromatic carbocycles. The second kappa shape index (κ2) is 6.04. The van der Waals surface area contributed by atoms with Crippen LogP contribution < -0.4 is 0 Å². The van der Waals surface area contributed by atoms with Gasteiger partial charge in [-0.15, -0.1) is 0 Å². The lowest BCUT2D eigenvalue weighted by Gasteiger charge is -1.99. The number of rotatable bonds is 4. The lowest BCUT2D eigenvalue weighted by molar-refractivity contribution is 0.340. The first-order chi connectivity index (χ1) is 9.69. The summed E-state index contributed by atoms with van der Waals surface area (Å²) in [5.41, 5.74) is 0. The molecule has 0 aliphatic carbocycles. The van der Waals surface area contributed by atoms with Crippen LogP contribution in [0, 0.1) is 0 Å². The molecule has 0 bridgehead atoms. The van der Waals surface area contributed by atoms with Crippen LogP contribution in [0.2, 0.25) is 10.6 Å². The van der Waals surface area contributed by atoms with Gasteiger partial charge in [0.15, 0.2) is 0 Å². The van der Waals surface area contributed by atoms with Crippen molar-refractivity contribution in [3.05, 3.63) is 34.8 Å². The van der Waals surface area contributed by atoms with Gasteiger partial charge in [0.1, 0.15) is 0 Å². The van der Waals surface area contributed by atoms with Gasteiger partial charge in [-0.25, -0.2) is 0 Å². The highest BCUT2D eigenvalue weighted by atomic mass is 35.5. The molecular formula is C10H4Cl2N4O2S2. The van der Waals surface area contributed by atoms with E-state index in [4.69, 9.17) is 32.2 Å². The van der Waals surface area contributed by atoms with Crippen LogP contribution in [0.25, 0.3) is 0 Å². The molecule has 6 nitrogen and oxygen atoms in total. The number of halogens is 2. The Morgan fingerprint density at radius 3 is 1.75 bits per heavy atom. The summed E-state index contributed by atoms with van der Waals surface area (Å²) in [7, 11) is 0. The quantitative estimate of drug-likeness (QED) is 0.699. The maximum Gasteiger partial charge on any atom is 0.291 e. The van der Waals surface area contributed by atoms with Crippen molar-refractivity contribution in [3.63, 3.8) is 0 Å². The molecule has 2 aromatic heterocycles. The highest BCUT2D eigenvalue weighted by Crippen LogP contribution is 2.32. The van der Waals surface area contributed by atoms with E-state index < -0.39 is 0 Å². The molecule has 0 saturated carbocycles. The van der Waals surface area contributed by atoms with Crippen molar-refractivity contribution in [3.8, 4) is 0 Å². The molecule has 2 heterocycles. The molecule has 0 fully saturated rings. The van der Waals surface area contributed by atoms with Crippen molar-refractivity contribution in [2.45, 2.75) is 20.2 Å². The summed E-state index contributed by atoms with van der Waals surface area (Å²) >= 11 is 13.8. The fraction of sp³-hybridized carbons (Fsp3) is 0. The van der Waals surface area contributed by atoms with Crippen LogP contribution in [-0.2, 0) is 0 Å². The van der Waals surface area contributed by atoms with Crippen LogP contribution >= 0.6 is 46.7 Å². The predicted octanol–water partition coefficient (Wildman–Crippen LogP) is 4.06. The molecule has 102 valence electrons. The second-order valence-corrected chi connectivity index (χ2v) is 6.06. The Balaban J connectivity index is 1.75. The number of aromatic nitrogens is 4. The van der Waals surface area contributed by atoms with Gasteiger partial charge in [-0.1, -0.05) is 6.07 Å². The summed E-state index contributed by atoms with van der Waals surface area (Å²) in [5, 5.41) is 7.93. The van der Waals surface area contributed by atoms with Crippen LogP contribution in [-0.4, -0.2) is 20.3 Å². The number of hydrogen-bond acceptors (Lipinski definition) is 8. The van der Waals surface area contributed by atoms with Crippen molar-refractivity contribution < 1.29 is 9.05 Å². The Bertz CT molecular complexity index is 676. The average Bonchev–Trinajstić information content (AvgIpc) is 2.99. The normalized spacial score (nSPS) is 10.9. The molecule has 0 atom stereocenters. The van der Waals surface area contributed by atoms with Gasteiger partial charge in [-0.2, -0.15) is 9.97 Å². The Morgan fingerprint density at radius 1 is 0.850 bits per heavy atom. The third-order valence-corrected chi connectivity index (χ3v) is 3.95. The molecular weight excluding hydrogens is 343 g/mol. The van der Waals surface area contributed by atoms with Crippen LogP contribution in [0.5, 0.6) is 0 Å². The zero-order chi connectivity index (χ0) is 13.9. The molecule has 0 unspecified atom stereocenters. The van der Waals surface area contributed by atoms with E-state index in [0.29, 0.717) is 10.4 Å². The van der Waals surface area contributed by atoms with E-state index in [1.165, 1.54) is 23.5 Å². The summed E-state index contributed by atoms with van der Waals surface area (Å²) in [5.74, 6) is 0. The lowest BCUT2D eigenvalue weighted by Crippen LogP contribution is -1.77. The summed E-state index contributed by atoms with van der Waals surface area (Å²) in [4.78, 5) is 9.65. The highest BCUT2D eigenvalue weighted by Gasteiger charge is 2.09. The van der Waals surface area contributed by atoms with Gasteiger partial charge in [0.25, 0.3) is 21.0 Å². The second-order valence-electron chi connectivity index (χ2n) is 3.34. The summed E-state index contributed by atoms with van der Waals surface area (Å²) < 4.78 is 9.87. The number of benzene rings is 1. The SMILES string of the molecule is Clc1noc(Sc2cccc(Sc3nc(Cl)no3)c2)n1. The van der Waals surface area contributed by atoms with Gasteiger partial charge >= 0.3 is 0 Å². The molecule has 0 N–H and O–H groups in total. The molecule has 0 amide bonds. The molecule has 10 heteroatoms. The van der Waals surface area contributed by atoms with E-state index in [0.717, 1.165) is 9.79 Å². The van der Waals surface area contributed by atoms with E-state index in [-0.39, 0.29) is 10.6 Å². The molecule has 0 radical (unpaired) electrons. The third kappa shape index (κ3) is 3.45. The maximum atomic E-state index is 5.59. The van der Waals surface area contributed by atoms with E-state index in [1.807, 2.05) is 24.3 Å². The van der Waals surface area contributed by atoms with E-state index >= 15 is 0 Å². The smallest absolute Gasteiger partial charge is 0.291 e. The van der Waals surface area contributed by atoms with Gasteiger partial charge in [-0.05, 0) is 75.2 Å². The predicted molar refractivity (Wildman–Crippen MR) is 73.3 cm³/mol. The first-order valence-corrected chi connectivity index (χ1v) is 7.52. The van der Waals surface area contributed by atoms with Crippen molar-refractivity contribution in [2.75, 3.05) is 0 Å². The summed E-state index contributed by atoms with van der Waals surface area (Å²) in [6.07, 6.45) is 0. The topological polar surface area (TPSA) is 77.8 Å². The van der Waals surface area contributed by atoms with E-state index in [2.05, 4.69) is 20.3 Å².